The van der Waals surface area contributed by atoms with Crippen LogP contribution in [0.2, 0.25) is 0 Å². The molecular formula is C16H21N3O2. The van der Waals surface area contributed by atoms with Crippen LogP contribution in [0.25, 0.3) is 0 Å². The Bertz CT molecular complexity index is 580. The molecular weight excluding hydrogens is 266 g/mol. The molecule has 0 radical (unpaired) electrons. The highest BCUT2D eigenvalue weighted by Gasteiger charge is 2.17. The predicted molar refractivity (Wildman–Crippen MR) is 80.8 cm³/mol. The molecule has 0 bridgehead atoms. The minimum absolute atomic E-state index is 0.138. The molecule has 1 amide bonds. The van der Waals surface area contributed by atoms with Crippen LogP contribution in [-0.2, 0) is 17.6 Å². The second-order valence-corrected chi connectivity index (χ2v) is 5.33. The standard InChI is InChI=1S/C16H21N3O2/c1-11-8-14(19-18-11)10-16(21)17-12(2)15(20)9-13-6-4-3-5-7-13/h3-8,12,15,20H,9-10H2,1-2H3,(H,17,21)(H,18,19). The maximum atomic E-state index is 11.9. The number of carbonyl (C=O) groups excluding carboxylic acids is 1. The van der Waals surface area contributed by atoms with Gasteiger partial charge in [-0.05, 0) is 25.5 Å². The summed E-state index contributed by atoms with van der Waals surface area (Å²) in [5.74, 6) is -0.138. The molecule has 21 heavy (non-hydrogen) atoms. The number of H-pyrrole nitrogens is 1. The zero-order valence-corrected chi connectivity index (χ0v) is 12.3. The number of amides is 1. The van der Waals surface area contributed by atoms with E-state index < -0.39 is 6.10 Å². The number of aromatic nitrogens is 2. The number of aliphatic hydroxyl groups is 1. The number of nitrogens with zero attached hydrogens (tertiary/aromatic N) is 1. The summed E-state index contributed by atoms with van der Waals surface area (Å²) in [6, 6.07) is 11.3. The highest BCUT2D eigenvalue weighted by molar-refractivity contribution is 5.78. The van der Waals surface area contributed by atoms with Gasteiger partial charge in [0.1, 0.15) is 0 Å². The van der Waals surface area contributed by atoms with E-state index in [0.29, 0.717) is 12.1 Å². The molecule has 0 aliphatic carbocycles. The van der Waals surface area contributed by atoms with Crippen LogP contribution in [0.5, 0.6) is 0 Å². The van der Waals surface area contributed by atoms with Crippen molar-refractivity contribution in [2.45, 2.75) is 38.8 Å². The molecule has 5 heteroatoms. The van der Waals surface area contributed by atoms with Gasteiger partial charge >= 0.3 is 0 Å². The number of benzene rings is 1. The highest BCUT2D eigenvalue weighted by atomic mass is 16.3. The summed E-state index contributed by atoms with van der Waals surface area (Å²) >= 11 is 0. The zero-order valence-electron chi connectivity index (χ0n) is 12.3. The number of rotatable bonds is 6. The fourth-order valence-corrected chi connectivity index (χ4v) is 2.16. The maximum absolute atomic E-state index is 11.9. The minimum atomic E-state index is -0.614. The average molecular weight is 287 g/mol. The molecule has 5 nitrogen and oxygen atoms in total. The van der Waals surface area contributed by atoms with Crippen LogP contribution in [0.1, 0.15) is 23.9 Å². The number of aromatic amines is 1. The fourth-order valence-electron chi connectivity index (χ4n) is 2.16. The normalized spacial score (nSPS) is 13.7. The molecule has 0 saturated heterocycles. The Morgan fingerprint density at radius 1 is 1.38 bits per heavy atom. The van der Waals surface area contributed by atoms with Gasteiger partial charge in [-0.25, -0.2) is 0 Å². The third-order valence-electron chi connectivity index (χ3n) is 3.35. The summed E-state index contributed by atoms with van der Waals surface area (Å²) in [5, 5.41) is 19.8. The van der Waals surface area contributed by atoms with Crippen molar-refractivity contribution in [2.24, 2.45) is 0 Å². The largest absolute Gasteiger partial charge is 0.391 e. The third kappa shape index (κ3) is 4.72. The molecule has 0 aliphatic heterocycles. The molecule has 2 aromatic rings. The van der Waals surface area contributed by atoms with Crippen LogP contribution in [0.3, 0.4) is 0 Å². The van der Waals surface area contributed by atoms with Crippen molar-refractivity contribution in [3.05, 3.63) is 53.3 Å². The van der Waals surface area contributed by atoms with Gasteiger partial charge in [0.05, 0.1) is 24.3 Å². The Morgan fingerprint density at radius 2 is 2.10 bits per heavy atom. The molecule has 1 aromatic heterocycles. The summed E-state index contributed by atoms with van der Waals surface area (Å²) in [7, 11) is 0. The van der Waals surface area contributed by atoms with E-state index in [4.69, 9.17) is 0 Å². The van der Waals surface area contributed by atoms with Crippen LogP contribution in [0, 0.1) is 6.92 Å². The summed E-state index contributed by atoms with van der Waals surface area (Å²) in [5.41, 5.74) is 2.68. The number of aryl methyl sites for hydroxylation is 1. The van der Waals surface area contributed by atoms with E-state index in [1.165, 1.54) is 0 Å². The van der Waals surface area contributed by atoms with E-state index in [9.17, 15) is 9.90 Å². The highest BCUT2D eigenvalue weighted by Crippen LogP contribution is 2.06. The first-order chi connectivity index (χ1) is 10.0. The van der Waals surface area contributed by atoms with Gasteiger partial charge in [-0.1, -0.05) is 30.3 Å². The number of hydrogen-bond donors (Lipinski definition) is 3. The lowest BCUT2D eigenvalue weighted by atomic mass is 10.0. The van der Waals surface area contributed by atoms with E-state index >= 15 is 0 Å². The van der Waals surface area contributed by atoms with E-state index in [2.05, 4.69) is 15.5 Å². The van der Waals surface area contributed by atoms with Gasteiger partial charge in [-0.3, -0.25) is 9.89 Å². The number of aliphatic hydroxyl groups excluding tert-OH is 1. The SMILES string of the molecule is Cc1cc(CC(=O)NC(C)C(O)Cc2ccccc2)n[nH]1. The first-order valence-corrected chi connectivity index (χ1v) is 7.07. The Balaban J connectivity index is 1.82. The molecule has 0 spiro atoms. The molecule has 2 rings (SSSR count). The minimum Gasteiger partial charge on any atom is -0.391 e. The maximum Gasteiger partial charge on any atom is 0.226 e. The van der Waals surface area contributed by atoms with Crippen LogP contribution in [0.15, 0.2) is 36.4 Å². The third-order valence-corrected chi connectivity index (χ3v) is 3.35. The first-order valence-electron chi connectivity index (χ1n) is 7.07. The smallest absolute Gasteiger partial charge is 0.226 e. The van der Waals surface area contributed by atoms with Crippen molar-refractivity contribution in [3.8, 4) is 0 Å². The van der Waals surface area contributed by atoms with Crippen molar-refractivity contribution >= 4 is 5.91 Å². The summed E-state index contributed by atoms with van der Waals surface area (Å²) in [4.78, 5) is 11.9. The van der Waals surface area contributed by atoms with Crippen LogP contribution < -0.4 is 5.32 Å². The van der Waals surface area contributed by atoms with Gasteiger partial charge in [-0.2, -0.15) is 5.10 Å². The van der Waals surface area contributed by atoms with E-state index in [0.717, 1.165) is 11.3 Å². The van der Waals surface area contributed by atoms with Gasteiger partial charge in [0.15, 0.2) is 0 Å². The Kier molecular flexibility index (Phi) is 5.11. The predicted octanol–water partition coefficient (Wildman–Crippen LogP) is 1.37. The van der Waals surface area contributed by atoms with Crippen molar-refractivity contribution in [1.29, 1.82) is 0 Å². The topological polar surface area (TPSA) is 78.0 Å². The van der Waals surface area contributed by atoms with Crippen molar-refractivity contribution in [3.63, 3.8) is 0 Å². The first kappa shape index (κ1) is 15.3. The van der Waals surface area contributed by atoms with E-state index in [1.54, 1.807) is 6.92 Å². The lowest BCUT2D eigenvalue weighted by Crippen LogP contribution is -2.42. The Hall–Kier alpha value is -2.14. The molecule has 3 N–H and O–H groups in total. The Morgan fingerprint density at radius 3 is 2.71 bits per heavy atom. The molecule has 2 atom stereocenters. The quantitative estimate of drug-likeness (QED) is 0.751. The summed E-state index contributed by atoms with van der Waals surface area (Å²) in [6.07, 6.45) is 0.119. The molecule has 2 unspecified atom stereocenters. The number of nitrogens with one attached hydrogen (secondary N) is 2. The fraction of sp³-hybridized carbons (Fsp3) is 0.375. The van der Waals surface area contributed by atoms with Crippen molar-refractivity contribution in [2.75, 3.05) is 0 Å². The van der Waals surface area contributed by atoms with Crippen LogP contribution in [0.4, 0.5) is 0 Å². The summed E-state index contributed by atoms with van der Waals surface area (Å²) in [6.45, 7) is 3.70. The lowest BCUT2D eigenvalue weighted by Gasteiger charge is -2.20. The van der Waals surface area contributed by atoms with E-state index in [1.807, 2.05) is 43.3 Å². The van der Waals surface area contributed by atoms with Crippen LogP contribution >= 0.6 is 0 Å². The van der Waals surface area contributed by atoms with Gasteiger partial charge in [-0.15, -0.1) is 0 Å². The summed E-state index contributed by atoms with van der Waals surface area (Å²) < 4.78 is 0. The number of hydrogen-bond acceptors (Lipinski definition) is 3. The van der Waals surface area contributed by atoms with Crippen molar-refractivity contribution < 1.29 is 9.90 Å². The van der Waals surface area contributed by atoms with E-state index in [-0.39, 0.29) is 18.4 Å². The van der Waals surface area contributed by atoms with Gasteiger partial charge in [0.2, 0.25) is 5.91 Å². The second-order valence-electron chi connectivity index (χ2n) is 5.33. The Labute approximate surface area is 124 Å². The molecule has 1 heterocycles. The van der Waals surface area contributed by atoms with Crippen molar-refractivity contribution in [1.82, 2.24) is 15.5 Å². The number of carbonyl (C=O) groups is 1. The molecule has 1 aromatic carbocycles. The van der Waals surface area contributed by atoms with Gasteiger partial charge in [0, 0.05) is 12.1 Å². The second kappa shape index (κ2) is 7.04. The molecule has 0 saturated carbocycles. The van der Waals surface area contributed by atoms with Crippen LogP contribution in [-0.4, -0.2) is 33.4 Å². The zero-order chi connectivity index (χ0) is 15.2. The van der Waals surface area contributed by atoms with Gasteiger partial charge in [0.25, 0.3) is 0 Å². The lowest BCUT2D eigenvalue weighted by molar-refractivity contribution is -0.121. The molecule has 0 aliphatic rings. The monoisotopic (exact) mass is 287 g/mol. The molecule has 0 fully saturated rings. The average Bonchev–Trinajstić information content (AvgIpc) is 2.84. The molecule has 112 valence electrons. The van der Waals surface area contributed by atoms with Gasteiger partial charge < -0.3 is 10.4 Å².